The summed E-state index contributed by atoms with van der Waals surface area (Å²) < 4.78 is 13.1. The van der Waals surface area contributed by atoms with E-state index in [4.69, 9.17) is 11.6 Å². The van der Waals surface area contributed by atoms with Crippen LogP contribution in [0.25, 0.3) is 0 Å². The van der Waals surface area contributed by atoms with Crippen LogP contribution in [0.5, 0.6) is 0 Å². The van der Waals surface area contributed by atoms with Crippen molar-refractivity contribution in [2.75, 3.05) is 0 Å². The molecule has 1 aromatic rings. The highest BCUT2D eigenvalue weighted by Gasteiger charge is 2.62. The van der Waals surface area contributed by atoms with E-state index in [1.807, 2.05) is 0 Å². The van der Waals surface area contributed by atoms with Gasteiger partial charge in [0.2, 0.25) is 11.8 Å². The summed E-state index contributed by atoms with van der Waals surface area (Å²) in [6, 6.07) is 3.21. The third kappa shape index (κ3) is 1.87. The number of halogens is 2. The van der Waals surface area contributed by atoms with Gasteiger partial charge in [0.05, 0.1) is 11.6 Å². The first kappa shape index (κ1) is 13.1. The molecule has 4 amide bonds. The number of carbonyl (C=O) groups excluding carboxylic acids is 3. The maximum absolute atomic E-state index is 13.1. The number of urea groups is 1. The summed E-state index contributed by atoms with van der Waals surface area (Å²) in [6.45, 7) is -0.0420. The van der Waals surface area contributed by atoms with Gasteiger partial charge in [0.15, 0.2) is 0 Å². The third-order valence-electron chi connectivity index (χ3n) is 3.63. The first-order chi connectivity index (χ1) is 9.44. The molecule has 0 radical (unpaired) electrons. The summed E-state index contributed by atoms with van der Waals surface area (Å²) in [4.78, 5) is 36.6. The van der Waals surface area contributed by atoms with Crippen molar-refractivity contribution in [1.29, 1.82) is 0 Å². The van der Waals surface area contributed by atoms with E-state index in [2.05, 4.69) is 5.32 Å². The number of nitrogens with one attached hydrogen (secondary N) is 1. The Morgan fingerprint density at radius 2 is 2.00 bits per heavy atom. The molecular weight excluding hydrogens is 287 g/mol. The maximum Gasteiger partial charge on any atom is 0.331 e. The van der Waals surface area contributed by atoms with E-state index in [0.29, 0.717) is 18.4 Å². The molecule has 1 saturated heterocycles. The zero-order valence-electron chi connectivity index (χ0n) is 10.3. The Morgan fingerprint density at radius 3 is 2.60 bits per heavy atom. The molecule has 1 N–H and O–H groups in total. The van der Waals surface area contributed by atoms with E-state index >= 15 is 0 Å². The van der Waals surface area contributed by atoms with Gasteiger partial charge in [0.1, 0.15) is 11.2 Å². The quantitative estimate of drug-likeness (QED) is 0.847. The van der Waals surface area contributed by atoms with Gasteiger partial charge in [-0.05, 0) is 30.5 Å². The molecule has 1 saturated carbocycles. The van der Waals surface area contributed by atoms with Crippen LogP contribution in [0.2, 0.25) is 5.02 Å². The smallest absolute Gasteiger partial charge is 0.277 e. The SMILES string of the molecule is O=C1NC(=O)C2(CC2)C(=O)N1Cc1ccc(F)c(Cl)c1. The average Bonchev–Trinajstić information content (AvgIpc) is 3.19. The summed E-state index contributed by atoms with van der Waals surface area (Å²) in [5.74, 6) is -1.59. The molecule has 3 rings (SSSR count). The van der Waals surface area contributed by atoms with E-state index in [9.17, 15) is 18.8 Å². The van der Waals surface area contributed by atoms with Crippen LogP contribution < -0.4 is 5.32 Å². The molecule has 1 spiro atoms. The lowest BCUT2D eigenvalue weighted by Gasteiger charge is -2.30. The largest absolute Gasteiger partial charge is 0.331 e. The van der Waals surface area contributed by atoms with Gasteiger partial charge in [-0.15, -0.1) is 0 Å². The van der Waals surface area contributed by atoms with Crippen LogP contribution in [0.1, 0.15) is 18.4 Å². The molecule has 1 heterocycles. The second-order valence-electron chi connectivity index (χ2n) is 4.98. The van der Waals surface area contributed by atoms with Gasteiger partial charge in [0.25, 0.3) is 0 Å². The molecule has 0 aromatic heterocycles. The van der Waals surface area contributed by atoms with Crippen molar-refractivity contribution >= 4 is 29.4 Å². The van der Waals surface area contributed by atoms with Gasteiger partial charge in [-0.1, -0.05) is 17.7 Å². The monoisotopic (exact) mass is 296 g/mol. The highest BCUT2D eigenvalue weighted by atomic mass is 35.5. The lowest BCUT2D eigenvalue weighted by molar-refractivity contribution is -0.145. The van der Waals surface area contributed by atoms with Crippen LogP contribution in [0.4, 0.5) is 9.18 Å². The van der Waals surface area contributed by atoms with Crippen molar-refractivity contribution in [2.24, 2.45) is 5.41 Å². The fourth-order valence-electron chi connectivity index (χ4n) is 2.26. The van der Waals surface area contributed by atoms with Gasteiger partial charge in [-0.25, -0.2) is 9.18 Å². The molecule has 1 aromatic carbocycles. The molecule has 1 aliphatic carbocycles. The van der Waals surface area contributed by atoms with Crippen molar-refractivity contribution in [3.63, 3.8) is 0 Å². The van der Waals surface area contributed by atoms with Crippen LogP contribution in [0.15, 0.2) is 18.2 Å². The summed E-state index contributed by atoms with van der Waals surface area (Å²) in [6.07, 6.45) is 0.900. The number of hydrogen-bond donors (Lipinski definition) is 1. The van der Waals surface area contributed by atoms with Gasteiger partial charge in [-0.3, -0.25) is 19.8 Å². The van der Waals surface area contributed by atoms with Crippen LogP contribution >= 0.6 is 11.6 Å². The minimum atomic E-state index is -1.07. The second kappa shape index (κ2) is 4.28. The number of imide groups is 2. The summed E-state index contributed by atoms with van der Waals surface area (Å²) in [5, 5.41) is 2.10. The molecule has 0 unspecified atom stereocenters. The second-order valence-corrected chi connectivity index (χ2v) is 5.39. The number of nitrogens with zero attached hydrogens (tertiary/aromatic N) is 1. The summed E-state index contributed by atoms with van der Waals surface area (Å²) >= 11 is 5.66. The van der Waals surface area contributed by atoms with Gasteiger partial charge < -0.3 is 0 Å². The highest BCUT2D eigenvalue weighted by molar-refractivity contribution is 6.30. The summed E-state index contributed by atoms with van der Waals surface area (Å²) in [5.41, 5.74) is -0.553. The standard InChI is InChI=1S/C13H10ClFN2O3/c14-8-5-7(1-2-9(8)15)6-17-11(19)13(3-4-13)10(18)16-12(17)20/h1-2,5H,3-4,6H2,(H,16,18,20). The van der Waals surface area contributed by atoms with Crippen molar-refractivity contribution in [2.45, 2.75) is 19.4 Å². The minimum absolute atomic E-state index is 0.0420. The Kier molecular flexibility index (Phi) is 2.79. The molecule has 104 valence electrons. The maximum atomic E-state index is 13.1. The van der Waals surface area contributed by atoms with Crippen LogP contribution in [-0.4, -0.2) is 22.7 Å². The van der Waals surface area contributed by atoms with Gasteiger partial charge in [-0.2, -0.15) is 0 Å². The number of carbonyl (C=O) groups is 3. The molecule has 2 aliphatic rings. The van der Waals surface area contributed by atoms with Crippen molar-refractivity contribution in [3.05, 3.63) is 34.6 Å². The normalized spacial score (nSPS) is 20.3. The lowest BCUT2D eigenvalue weighted by Crippen LogP contribution is -2.58. The van der Waals surface area contributed by atoms with Crippen LogP contribution in [-0.2, 0) is 16.1 Å². The predicted molar refractivity (Wildman–Crippen MR) is 67.2 cm³/mol. The highest BCUT2D eigenvalue weighted by Crippen LogP contribution is 2.49. The summed E-state index contributed by atoms with van der Waals surface area (Å²) in [7, 11) is 0. The minimum Gasteiger partial charge on any atom is -0.277 e. The van der Waals surface area contributed by atoms with E-state index in [-0.39, 0.29) is 11.6 Å². The number of amides is 4. The lowest BCUT2D eigenvalue weighted by atomic mass is 10.0. The van der Waals surface area contributed by atoms with E-state index in [1.54, 1.807) is 0 Å². The Bertz CT molecular complexity index is 643. The third-order valence-corrected chi connectivity index (χ3v) is 3.92. The molecule has 0 bridgehead atoms. The van der Waals surface area contributed by atoms with Crippen molar-refractivity contribution in [1.82, 2.24) is 10.2 Å². The molecule has 2 fully saturated rings. The average molecular weight is 297 g/mol. The van der Waals surface area contributed by atoms with E-state index < -0.39 is 29.1 Å². The number of rotatable bonds is 2. The van der Waals surface area contributed by atoms with Crippen molar-refractivity contribution in [3.8, 4) is 0 Å². The molecular formula is C13H10ClFN2O3. The van der Waals surface area contributed by atoms with Crippen LogP contribution in [0.3, 0.4) is 0 Å². The predicted octanol–water partition coefficient (Wildman–Crippen LogP) is 1.84. The van der Waals surface area contributed by atoms with Crippen molar-refractivity contribution < 1.29 is 18.8 Å². The van der Waals surface area contributed by atoms with Crippen LogP contribution in [0, 0.1) is 11.2 Å². The Hall–Kier alpha value is -1.95. The van der Waals surface area contributed by atoms with Gasteiger partial charge >= 0.3 is 6.03 Å². The number of barbiturate groups is 1. The first-order valence-electron chi connectivity index (χ1n) is 6.05. The first-order valence-corrected chi connectivity index (χ1v) is 6.43. The Labute approximate surface area is 118 Å². The topological polar surface area (TPSA) is 66.5 Å². The Morgan fingerprint density at radius 1 is 1.30 bits per heavy atom. The number of hydrogen-bond acceptors (Lipinski definition) is 3. The molecule has 5 nitrogen and oxygen atoms in total. The fourth-order valence-corrected chi connectivity index (χ4v) is 2.47. The molecule has 0 atom stereocenters. The van der Waals surface area contributed by atoms with E-state index in [0.717, 1.165) is 4.90 Å². The zero-order chi connectivity index (χ0) is 14.5. The Balaban J connectivity index is 1.86. The zero-order valence-corrected chi connectivity index (χ0v) is 11.0. The number of benzene rings is 1. The molecule has 7 heteroatoms. The fraction of sp³-hybridized carbons (Fsp3) is 0.308. The van der Waals surface area contributed by atoms with Gasteiger partial charge in [0, 0.05) is 0 Å². The molecule has 1 aliphatic heterocycles. The molecule has 20 heavy (non-hydrogen) atoms. The van der Waals surface area contributed by atoms with E-state index in [1.165, 1.54) is 18.2 Å².